The maximum absolute atomic E-state index is 12.1. The van der Waals surface area contributed by atoms with E-state index in [0.717, 1.165) is 17.7 Å². The number of carbonyl (C=O) groups excluding carboxylic acids is 1. The Morgan fingerprint density at radius 1 is 1.32 bits per heavy atom. The zero-order valence-corrected chi connectivity index (χ0v) is 10.6. The van der Waals surface area contributed by atoms with E-state index >= 15 is 0 Å². The smallest absolute Gasteiger partial charge is 0.323 e. The van der Waals surface area contributed by atoms with Crippen molar-refractivity contribution in [2.75, 3.05) is 11.4 Å². The van der Waals surface area contributed by atoms with Gasteiger partial charge in [0.2, 0.25) is 0 Å². The molecule has 0 spiro atoms. The zero-order valence-electron chi connectivity index (χ0n) is 10.6. The molecule has 0 unspecified atom stereocenters. The molecule has 102 valence electrons. The Hall–Kier alpha value is -2.24. The summed E-state index contributed by atoms with van der Waals surface area (Å²) in [7, 11) is 0. The highest BCUT2D eigenvalue weighted by molar-refractivity contribution is 5.96. The Balaban J connectivity index is 2.17. The van der Waals surface area contributed by atoms with Gasteiger partial charge in [0.05, 0.1) is 0 Å². The van der Waals surface area contributed by atoms with Crippen molar-refractivity contribution in [1.82, 2.24) is 5.32 Å². The molecule has 0 heterocycles. The molecule has 2 rings (SSSR count). The van der Waals surface area contributed by atoms with E-state index in [1.165, 1.54) is 24.3 Å². The van der Waals surface area contributed by atoms with Crippen molar-refractivity contribution in [2.45, 2.75) is 25.3 Å². The average Bonchev–Trinajstić information content (AvgIpc) is 3.04. The number of benzene rings is 1. The van der Waals surface area contributed by atoms with Crippen molar-refractivity contribution in [3.05, 3.63) is 24.3 Å². The van der Waals surface area contributed by atoms with Crippen molar-refractivity contribution in [1.29, 1.82) is 0 Å². The number of amides is 2. The van der Waals surface area contributed by atoms with Crippen molar-refractivity contribution in [3.8, 4) is 5.75 Å². The summed E-state index contributed by atoms with van der Waals surface area (Å²) in [5.41, 5.74) is 0.215. The van der Waals surface area contributed by atoms with Gasteiger partial charge in [-0.25, -0.2) is 4.79 Å². The van der Waals surface area contributed by atoms with Gasteiger partial charge in [-0.3, -0.25) is 9.69 Å². The van der Waals surface area contributed by atoms with Crippen molar-refractivity contribution in [2.24, 2.45) is 0 Å². The van der Waals surface area contributed by atoms with Crippen LogP contribution in [-0.2, 0) is 4.79 Å². The van der Waals surface area contributed by atoms with Crippen LogP contribution in [0.1, 0.15) is 19.8 Å². The van der Waals surface area contributed by atoms with Crippen LogP contribution < -0.4 is 10.2 Å². The molecule has 0 saturated heterocycles. The number of phenolic OH excluding ortho intramolecular Hbond substituents is 1. The quantitative estimate of drug-likeness (QED) is 0.769. The van der Waals surface area contributed by atoms with Gasteiger partial charge in [0, 0.05) is 11.2 Å². The lowest BCUT2D eigenvalue weighted by atomic mass is 10.2. The predicted molar refractivity (Wildman–Crippen MR) is 69.3 cm³/mol. The van der Waals surface area contributed by atoms with Gasteiger partial charge in [-0.15, -0.1) is 0 Å². The summed E-state index contributed by atoms with van der Waals surface area (Å²) in [5, 5.41) is 20.9. The number of hydrogen-bond acceptors (Lipinski definition) is 3. The summed E-state index contributed by atoms with van der Waals surface area (Å²) in [6.07, 6.45) is 1.80. The average molecular weight is 264 g/mol. The number of nitrogens with zero attached hydrogens (tertiary/aromatic N) is 1. The van der Waals surface area contributed by atoms with Crippen LogP contribution in [0, 0.1) is 0 Å². The minimum absolute atomic E-state index is 0.0635. The Morgan fingerprint density at radius 3 is 2.37 bits per heavy atom. The number of urea groups is 1. The summed E-state index contributed by atoms with van der Waals surface area (Å²) in [6, 6.07) is 5.40. The summed E-state index contributed by atoms with van der Waals surface area (Å²) in [6.45, 7) is 1.49. The maximum atomic E-state index is 12.1. The van der Waals surface area contributed by atoms with Crippen LogP contribution in [0.5, 0.6) is 5.75 Å². The Labute approximate surface area is 110 Å². The fourth-order valence-corrected chi connectivity index (χ4v) is 1.69. The van der Waals surface area contributed by atoms with Gasteiger partial charge >= 0.3 is 12.0 Å². The number of nitrogens with one attached hydrogen (secondary N) is 1. The highest BCUT2D eigenvalue weighted by Gasteiger charge is 2.40. The first kappa shape index (κ1) is 13.2. The molecule has 2 amide bonds. The van der Waals surface area contributed by atoms with Gasteiger partial charge < -0.3 is 15.5 Å². The first-order valence-corrected chi connectivity index (χ1v) is 6.00. The molecule has 0 aromatic heterocycles. The van der Waals surface area contributed by atoms with E-state index in [1.807, 2.05) is 6.92 Å². The molecule has 0 aliphatic heterocycles. The summed E-state index contributed by atoms with van der Waals surface area (Å²) >= 11 is 0. The molecular weight excluding hydrogens is 248 g/mol. The second-order valence-electron chi connectivity index (χ2n) is 4.99. The largest absolute Gasteiger partial charge is 0.508 e. The minimum Gasteiger partial charge on any atom is -0.508 e. The maximum Gasteiger partial charge on any atom is 0.323 e. The topological polar surface area (TPSA) is 89.9 Å². The molecule has 1 aromatic rings. The second-order valence-corrected chi connectivity index (χ2v) is 4.99. The fraction of sp³-hybridized carbons (Fsp3) is 0.385. The summed E-state index contributed by atoms with van der Waals surface area (Å²) < 4.78 is 0. The predicted octanol–water partition coefficient (Wildman–Crippen LogP) is 1.55. The van der Waals surface area contributed by atoms with Crippen molar-refractivity contribution >= 4 is 17.7 Å². The number of aliphatic carboxylic acids is 1. The van der Waals surface area contributed by atoms with E-state index in [2.05, 4.69) is 5.32 Å². The summed E-state index contributed by atoms with van der Waals surface area (Å²) in [5.74, 6) is -1.03. The molecule has 0 atom stereocenters. The third kappa shape index (κ3) is 3.37. The molecule has 1 fully saturated rings. The monoisotopic (exact) mass is 264 g/mol. The number of rotatable bonds is 4. The van der Waals surface area contributed by atoms with E-state index in [1.54, 1.807) is 0 Å². The van der Waals surface area contributed by atoms with Crippen LogP contribution in [0.15, 0.2) is 24.3 Å². The van der Waals surface area contributed by atoms with E-state index in [-0.39, 0.29) is 11.3 Å². The number of carboxylic acid groups (broad SMARTS) is 1. The second kappa shape index (κ2) is 4.79. The normalized spacial score (nSPS) is 15.6. The Morgan fingerprint density at radius 2 is 1.89 bits per heavy atom. The lowest BCUT2D eigenvalue weighted by Crippen LogP contribution is -2.47. The van der Waals surface area contributed by atoms with Gasteiger partial charge in [0.1, 0.15) is 12.3 Å². The first-order chi connectivity index (χ1) is 8.89. The fourth-order valence-electron chi connectivity index (χ4n) is 1.69. The van der Waals surface area contributed by atoms with Gasteiger partial charge in [0.25, 0.3) is 0 Å². The minimum atomic E-state index is -1.09. The molecular formula is C13H16N2O4. The molecule has 0 radical (unpaired) electrons. The van der Waals surface area contributed by atoms with E-state index in [0.29, 0.717) is 5.69 Å². The number of carboxylic acids is 1. The molecule has 1 saturated carbocycles. The van der Waals surface area contributed by atoms with Gasteiger partial charge in [-0.1, -0.05) is 0 Å². The highest BCUT2D eigenvalue weighted by Crippen LogP contribution is 2.34. The van der Waals surface area contributed by atoms with Gasteiger partial charge in [-0.05, 0) is 44.0 Å². The van der Waals surface area contributed by atoms with Gasteiger partial charge in [-0.2, -0.15) is 0 Å². The third-order valence-corrected chi connectivity index (χ3v) is 3.11. The lowest BCUT2D eigenvalue weighted by Gasteiger charge is -2.23. The van der Waals surface area contributed by atoms with E-state index in [9.17, 15) is 14.7 Å². The SMILES string of the molecule is CC1(NC(=O)N(CC(=O)O)c2ccc(O)cc2)CC1. The van der Waals surface area contributed by atoms with Crippen molar-refractivity contribution in [3.63, 3.8) is 0 Å². The van der Waals surface area contributed by atoms with Crippen LogP contribution in [0.25, 0.3) is 0 Å². The van der Waals surface area contributed by atoms with Crippen LogP contribution in [0.4, 0.5) is 10.5 Å². The molecule has 0 bridgehead atoms. The van der Waals surface area contributed by atoms with Crippen LogP contribution >= 0.6 is 0 Å². The zero-order chi connectivity index (χ0) is 14.0. The molecule has 6 heteroatoms. The number of aromatic hydroxyl groups is 1. The Bertz CT molecular complexity index is 494. The van der Waals surface area contributed by atoms with Crippen LogP contribution in [0.3, 0.4) is 0 Å². The highest BCUT2D eigenvalue weighted by atomic mass is 16.4. The standard InChI is InChI=1S/C13H16N2O4/c1-13(6-7-13)14-12(19)15(8-11(17)18)9-2-4-10(16)5-3-9/h2-5,16H,6-8H2,1H3,(H,14,19)(H,17,18). The first-order valence-electron chi connectivity index (χ1n) is 6.00. The number of carbonyl (C=O) groups is 2. The number of hydrogen-bond donors (Lipinski definition) is 3. The molecule has 3 N–H and O–H groups in total. The molecule has 19 heavy (non-hydrogen) atoms. The molecule has 6 nitrogen and oxygen atoms in total. The Kier molecular flexibility index (Phi) is 3.33. The third-order valence-electron chi connectivity index (χ3n) is 3.11. The van der Waals surface area contributed by atoms with Crippen LogP contribution in [-0.4, -0.2) is 34.3 Å². The molecule has 1 aliphatic rings. The summed E-state index contributed by atoms with van der Waals surface area (Å²) in [4.78, 5) is 24.1. The van der Waals surface area contributed by atoms with E-state index < -0.39 is 18.5 Å². The molecule has 1 aliphatic carbocycles. The van der Waals surface area contributed by atoms with Crippen molar-refractivity contribution < 1.29 is 19.8 Å². The number of phenols is 1. The molecule has 1 aromatic carbocycles. The van der Waals surface area contributed by atoms with E-state index in [4.69, 9.17) is 5.11 Å². The number of anilines is 1. The van der Waals surface area contributed by atoms with Crippen LogP contribution in [0.2, 0.25) is 0 Å². The lowest BCUT2D eigenvalue weighted by molar-refractivity contribution is -0.135. The van der Waals surface area contributed by atoms with Gasteiger partial charge in [0.15, 0.2) is 0 Å².